The van der Waals surface area contributed by atoms with Gasteiger partial charge in [-0.15, -0.1) is 11.3 Å². The average Bonchev–Trinajstić information content (AvgIpc) is 2.86. The van der Waals surface area contributed by atoms with Gasteiger partial charge in [0.25, 0.3) is 0 Å². The molecule has 0 saturated heterocycles. The third-order valence-corrected chi connectivity index (χ3v) is 4.46. The first-order chi connectivity index (χ1) is 7.44. The molecule has 0 spiro atoms. The zero-order valence-electron chi connectivity index (χ0n) is 9.99. The van der Waals surface area contributed by atoms with Gasteiger partial charge < -0.3 is 10.6 Å². The summed E-state index contributed by atoms with van der Waals surface area (Å²) in [6.07, 6.45) is 1.65. The summed E-state index contributed by atoms with van der Waals surface area (Å²) in [6, 6.07) is 4.29. The van der Waals surface area contributed by atoms with E-state index in [1.807, 2.05) is 7.05 Å². The number of thiophene rings is 1. The molecule has 1 atom stereocenters. The number of carbonyl (C=O) groups is 1. The van der Waals surface area contributed by atoms with Crippen molar-refractivity contribution in [3.8, 4) is 0 Å². The topological polar surface area (TPSA) is 46.3 Å². The van der Waals surface area contributed by atoms with Gasteiger partial charge in [0.05, 0.1) is 11.6 Å². The molecule has 4 heteroatoms. The van der Waals surface area contributed by atoms with Crippen LogP contribution >= 0.6 is 11.3 Å². The third kappa shape index (κ3) is 1.99. The molecule has 1 aliphatic rings. The fraction of sp³-hybridized carbons (Fsp3) is 0.583. The summed E-state index contributed by atoms with van der Waals surface area (Å²) in [7, 11) is 1.84. The van der Waals surface area contributed by atoms with Crippen molar-refractivity contribution in [1.82, 2.24) is 4.90 Å². The first-order valence-corrected chi connectivity index (χ1v) is 6.38. The number of nitrogens with two attached hydrogens (primary N) is 1. The second-order valence-corrected chi connectivity index (χ2v) is 6.02. The van der Waals surface area contributed by atoms with E-state index in [0.29, 0.717) is 0 Å². The molecule has 1 fully saturated rings. The molecule has 2 N–H and O–H groups in total. The smallest absolute Gasteiger partial charge is 0.242 e. The number of hydrogen-bond acceptors (Lipinski definition) is 3. The van der Waals surface area contributed by atoms with Gasteiger partial charge in [-0.25, -0.2) is 0 Å². The van der Waals surface area contributed by atoms with E-state index >= 15 is 0 Å². The van der Waals surface area contributed by atoms with Gasteiger partial charge >= 0.3 is 0 Å². The van der Waals surface area contributed by atoms with E-state index in [1.165, 1.54) is 9.75 Å². The molecule has 1 aromatic rings. The SMILES string of the molecule is Cc1ccc(C(C)N(C)C(=O)C2(N)CC2)s1. The predicted molar refractivity (Wildman–Crippen MR) is 66.4 cm³/mol. The number of hydrogen-bond donors (Lipinski definition) is 1. The van der Waals surface area contributed by atoms with Crippen LogP contribution in [0.4, 0.5) is 0 Å². The maximum Gasteiger partial charge on any atom is 0.242 e. The molecule has 1 amide bonds. The molecular weight excluding hydrogens is 220 g/mol. The highest BCUT2D eigenvalue weighted by molar-refractivity contribution is 7.12. The minimum atomic E-state index is -0.560. The third-order valence-electron chi connectivity index (χ3n) is 3.29. The van der Waals surface area contributed by atoms with Gasteiger partial charge in [-0.3, -0.25) is 4.79 Å². The Balaban J connectivity index is 2.10. The van der Waals surface area contributed by atoms with Crippen molar-refractivity contribution < 1.29 is 4.79 Å². The minimum Gasteiger partial charge on any atom is -0.337 e. The second kappa shape index (κ2) is 3.86. The molecule has 88 valence electrons. The van der Waals surface area contributed by atoms with Gasteiger partial charge in [0.1, 0.15) is 0 Å². The monoisotopic (exact) mass is 238 g/mol. The predicted octanol–water partition coefficient (Wildman–Crippen LogP) is 2.07. The Morgan fingerprint density at radius 1 is 1.56 bits per heavy atom. The summed E-state index contributed by atoms with van der Waals surface area (Å²) < 4.78 is 0. The van der Waals surface area contributed by atoms with Gasteiger partial charge in [-0.05, 0) is 38.8 Å². The van der Waals surface area contributed by atoms with Crippen molar-refractivity contribution in [2.45, 2.75) is 38.3 Å². The number of nitrogens with zero attached hydrogens (tertiary/aromatic N) is 1. The van der Waals surface area contributed by atoms with Gasteiger partial charge in [-0.1, -0.05) is 0 Å². The fourth-order valence-electron chi connectivity index (χ4n) is 1.74. The number of likely N-dealkylation sites (N-methyl/N-ethyl adjacent to an activating group) is 1. The van der Waals surface area contributed by atoms with Gasteiger partial charge in [0.2, 0.25) is 5.91 Å². The molecular formula is C12H18N2OS. The van der Waals surface area contributed by atoms with Crippen LogP contribution in [0, 0.1) is 6.92 Å². The number of rotatable bonds is 3. The van der Waals surface area contributed by atoms with E-state index in [9.17, 15) is 4.79 Å². The van der Waals surface area contributed by atoms with E-state index in [0.717, 1.165) is 12.8 Å². The van der Waals surface area contributed by atoms with Crippen LogP contribution in [0.5, 0.6) is 0 Å². The summed E-state index contributed by atoms with van der Waals surface area (Å²) in [5, 5.41) is 0. The molecule has 2 rings (SSSR count). The Kier molecular flexibility index (Phi) is 2.80. The summed E-state index contributed by atoms with van der Waals surface area (Å²) in [5.74, 6) is 0.0750. The van der Waals surface area contributed by atoms with Crippen molar-refractivity contribution >= 4 is 17.2 Å². The van der Waals surface area contributed by atoms with Crippen molar-refractivity contribution in [3.05, 3.63) is 21.9 Å². The Hall–Kier alpha value is -0.870. The molecule has 1 aromatic heterocycles. The minimum absolute atomic E-state index is 0.0750. The fourth-order valence-corrected chi connectivity index (χ4v) is 2.72. The molecule has 16 heavy (non-hydrogen) atoms. The van der Waals surface area contributed by atoms with Gasteiger partial charge in [0.15, 0.2) is 0 Å². The average molecular weight is 238 g/mol. The Bertz CT molecular complexity index is 409. The number of carbonyl (C=O) groups excluding carboxylic acids is 1. The maximum atomic E-state index is 12.1. The summed E-state index contributed by atoms with van der Waals surface area (Å²) in [5.41, 5.74) is 5.36. The van der Waals surface area contributed by atoms with Crippen LogP contribution in [-0.2, 0) is 4.79 Å². The summed E-state index contributed by atoms with van der Waals surface area (Å²) in [6.45, 7) is 4.13. The zero-order chi connectivity index (χ0) is 11.9. The number of amides is 1. The lowest BCUT2D eigenvalue weighted by Crippen LogP contribution is -2.44. The van der Waals surface area contributed by atoms with Crippen LogP contribution in [0.15, 0.2) is 12.1 Å². The molecule has 0 aromatic carbocycles. The van der Waals surface area contributed by atoms with Crippen LogP contribution in [0.25, 0.3) is 0 Å². The highest BCUT2D eigenvalue weighted by Crippen LogP contribution is 2.36. The van der Waals surface area contributed by atoms with Crippen molar-refractivity contribution in [2.75, 3.05) is 7.05 Å². The first-order valence-electron chi connectivity index (χ1n) is 5.56. The van der Waals surface area contributed by atoms with E-state index < -0.39 is 5.54 Å². The van der Waals surface area contributed by atoms with Crippen molar-refractivity contribution in [2.24, 2.45) is 5.73 Å². The van der Waals surface area contributed by atoms with Crippen LogP contribution in [0.2, 0.25) is 0 Å². The molecule has 0 radical (unpaired) electrons. The molecule has 0 bridgehead atoms. The lowest BCUT2D eigenvalue weighted by Gasteiger charge is -2.26. The quantitative estimate of drug-likeness (QED) is 0.876. The summed E-state index contributed by atoms with van der Waals surface area (Å²) >= 11 is 1.74. The van der Waals surface area contributed by atoms with Crippen LogP contribution in [0.3, 0.4) is 0 Å². The Labute approximate surface area is 100 Å². The van der Waals surface area contributed by atoms with Crippen LogP contribution < -0.4 is 5.73 Å². The van der Waals surface area contributed by atoms with Crippen molar-refractivity contribution in [1.29, 1.82) is 0 Å². The molecule has 3 nitrogen and oxygen atoms in total. The lowest BCUT2D eigenvalue weighted by atomic mass is 10.2. The van der Waals surface area contributed by atoms with Crippen LogP contribution in [-0.4, -0.2) is 23.4 Å². The highest BCUT2D eigenvalue weighted by Gasteiger charge is 2.48. The molecule has 1 unspecified atom stereocenters. The zero-order valence-corrected chi connectivity index (χ0v) is 10.8. The maximum absolute atomic E-state index is 12.1. The standard InChI is InChI=1S/C12H18N2OS/c1-8-4-5-10(16-8)9(2)14(3)11(15)12(13)6-7-12/h4-5,9H,6-7,13H2,1-3H3. The molecule has 1 heterocycles. The van der Waals surface area contributed by atoms with Crippen molar-refractivity contribution in [3.63, 3.8) is 0 Å². The number of aryl methyl sites for hydroxylation is 1. The normalized spacial score (nSPS) is 19.2. The van der Waals surface area contributed by atoms with Crippen LogP contribution in [0.1, 0.15) is 35.6 Å². The molecule has 1 aliphatic carbocycles. The van der Waals surface area contributed by atoms with E-state index in [4.69, 9.17) is 5.73 Å². The Morgan fingerprint density at radius 3 is 2.62 bits per heavy atom. The molecule has 1 saturated carbocycles. The van der Waals surface area contributed by atoms with Gasteiger partial charge in [-0.2, -0.15) is 0 Å². The van der Waals surface area contributed by atoms with Gasteiger partial charge in [0, 0.05) is 16.8 Å². The lowest BCUT2D eigenvalue weighted by molar-refractivity contribution is -0.134. The Morgan fingerprint density at radius 2 is 2.19 bits per heavy atom. The van der Waals surface area contributed by atoms with E-state index in [1.54, 1.807) is 16.2 Å². The second-order valence-electron chi connectivity index (χ2n) is 4.70. The largest absolute Gasteiger partial charge is 0.337 e. The summed E-state index contributed by atoms with van der Waals surface area (Å²) in [4.78, 5) is 16.3. The highest BCUT2D eigenvalue weighted by atomic mass is 32.1. The first kappa shape index (κ1) is 11.6. The van der Waals surface area contributed by atoms with E-state index in [-0.39, 0.29) is 11.9 Å². The molecule has 0 aliphatic heterocycles. The van der Waals surface area contributed by atoms with E-state index in [2.05, 4.69) is 26.0 Å².